The Morgan fingerprint density at radius 2 is 2.00 bits per heavy atom. The summed E-state index contributed by atoms with van der Waals surface area (Å²) >= 11 is 12.4. The molecule has 0 spiro atoms. The Morgan fingerprint density at radius 3 is 2.73 bits per heavy atom. The summed E-state index contributed by atoms with van der Waals surface area (Å²) in [6.07, 6.45) is 3.50. The van der Waals surface area contributed by atoms with E-state index < -0.39 is 24.2 Å². The molecule has 1 N–H and O–H groups in total. The third kappa shape index (κ3) is 3.86. The number of aliphatic carboxylic acids is 1. The van der Waals surface area contributed by atoms with Crippen LogP contribution in [-0.2, 0) is 16.1 Å². The molecule has 1 saturated heterocycles. The summed E-state index contributed by atoms with van der Waals surface area (Å²) < 4.78 is 16.4. The SMILES string of the molecule is O=C(O)CN1C(=O)/C(=C\c2cn(Cc3c(F)cccc3Cl)c3ccccc23)SC1=S. The lowest BCUT2D eigenvalue weighted by Gasteiger charge is -2.10. The van der Waals surface area contributed by atoms with E-state index in [-0.39, 0.29) is 10.9 Å². The van der Waals surface area contributed by atoms with Crippen LogP contribution in [0.4, 0.5) is 4.39 Å². The van der Waals surface area contributed by atoms with Crippen LogP contribution in [0.25, 0.3) is 17.0 Å². The number of fused-ring (bicyclic) bond motifs is 1. The van der Waals surface area contributed by atoms with Crippen LogP contribution in [-0.4, -0.2) is 37.3 Å². The van der Waals surface area contributed by atoms with E-state index in [1.165, 1.54) is 6.07 Å². The third-order valence-corrected chi connectivity index (χ3v) is 6.40. The van der Waals surface area contributed by atoms with Crippen LogP contribution in [0.2, 0.25) is 5.02 Å². The van der Waals surface area contributed by atoms with Gasteiger partial charge < -0.3 is 9.67 Å². The molecule has 1 amide bonds. The van der Waals surface area contributed by atoms with E-state index in [0.717, 1.165) is 33.1 Å². The Labute approximate surface area is 185 Å². The lowest BCUT2D eigenvalue weighted by molar-refractivity contribution is -0.140. The number of thioether (sulfide) groups is 1. The third-order valence-electron chi connectivity index (χ3n) is 4.66. The zero-order valence-corrected chi connectivity index (χ0v) is 17.7. The molecule has 5 nitrogen and oxygen atoms in total. The fourth-order valence-electron chi connectivity index (χ4n) is 3.29. The van der Waals surface area contributed by atoms with E-state index in [2.05, 4.69) is 0 Å². The minimum absolute atomic E-state index is 0.204. The summed E-state index contributed by atoms with van der Waals surface area (Å²) in [6, 6.07) is 12.1. The van der Waals surface area contributed by atoms with Crippen molar-refractivity contribution in [3.63, 3.8) is 0 Å². The molecule has 1 fully saturated rings. The number of aromatic nitrogens is 1. The standard InChI is InChI=1S/C21H14ClFN2O3S2/c22-15-5-3-6-16(23)14(15)10-24-9-12(13-4-1-2-7-17(13)24)8-18-20(28)25(11-19(26)27)21(29)30-18/h1-9H,10-11H2,(H,26,27)/b18-8+. The molecule has 0 aliphatic carbocycles. The van der Waals surface area contributed by atoms with Crippen LogP contribution < -0.4 is 0 Å². The molecule has 0 unspecified atom stereocenters. The Balaban J connectivity index is 1.75. The molecule has 152 valence electrons. The van der Waals surface area contributed by atoms with Gasteiger partial charge in [-0.25, -0.2) is 4.39 Å². The molecule has 3 aromatic rings. The fourth-order valence-corrected chi connectivity index (χ4v) is 4.76. The second-order valence-corrected chi connectivity index (χ2v) is 8.67. The van der Waals surface area contributed by atoms with Gasteiger partial charge in [-0.1, -0.05) is 59.8 Å². The average Bonchev–Trinajstić information content (AvgIpc) is 3.17. The first kappa shape index (κ1) is 20.6. The van der Waals surface area contributed by atoms with Gasteiger partial charge >= 0.3 is 5.97 Å². The van der Waals surface area contributed by atoms with E-state index in [1.807, 2.05) is 35.0 Å². The molecule has 0 atom stereocenters. The summed E-state index contributed by atoms with van der Waals surface area (Å²) in [5.41, 5.74) is 1.97. The van der Waals surface area contributed by atoms with Gasteiger partial charge in [-0.05, 0) is 24.3 Å². The van der Waals surface area contributed by atoms with Crippen molar-refractivity contribution >= 4 is 68.8 Å². The molecule has 0 radical (unpaired) electrons. The number of para-hydroxylation sites is 1. The number of carboxylic acid groups (broad SMARTS) is 1. The minimum atomic E-state index is -1.13. The molecular formula is C21H14ClFN2O3S2. The maximum Gasteiger partial charge on any atom is 0.323 e. The molecule has 1 aliphatic heterocycles. The molecule has 9 heteroatoms. The van der Waals surface area contributed by atoms with Crippen LogP contribution in [0.3, 0.4) is 0 Å². The Hall–Kier alpha value is -2.68. The van der Waals surface area contributed by atoms with E-state index in [0.29, 0.717) is 15.5 Å². The van der Waals surface area contributed by atoms with Crippen molar-refractivity contribution in [3.05, 3.63) is 75.5 Å². The highest BCUT2D eigenvalue weighted by molar-refractivity contribution is 8.26. The zero-order valence-electron chi connectivity index (χ0n) is 15.3. The van der Waals surface area contributed by atoms with E-state index in [9.17, 15) is 14.0 Å². The summed E-state index contributed by atoms with van der Waals surface area (Å²) in [5, 5.41) is 10.2. The van der Waals surface area contributed by atoms with Crippen LogP contribution >= 0.6 is 35.6 Å². The number of hydrogen-bond acceptors (Lipinski definition) is 4. The predicted molar refractivity (Wildman–Crippen MR) is 120 cm³/mol. The Kier molecular flexibility index (Phi) is 5.64. The van der Waals surface area contributed by atoms with E-state index >= 15 is 0 Å². The van der Waals surface area contributed by atoms with Crippen molar-refractivity contribution in [3.8, 4) is 0 Å². The van der Waals surface area contributed by atoms with Crippen LogP contribution in [0.1, 0.15) is 11.1 Å². The van der Waals surface area contributed by atoms with Gasteiger partial charge in [0.1, 0.15) is 16.7 Å². The number of carbonyl (C=O) groups excluding carboxylic acids is 1. The lowest BCUT2D eigenvalue weighted by atomic mass is 10.1. The molecule has 4 rings (SSSR count). The van der Waals surface area contributed by atoms with Crippen LogP contribution in [0.15, 0.2) is 53.6 Å². The fraction of sp³-hybridized carbons (Fsp3) is 0.0952. The minimum Gasteiger partial charge on any atom is -0.480 e. The number of amides is 1. The van der Waals surface area contributed by atoms with Gasteiger partial charge in [0, 0.05) is 33.2 Å². The number of halogens is 2. The Bertz CT molecular complexity index is 1220. The van der Waals surface area contributed by atoms with Crippen LogP contribution in [0, 0.1) is 5.82 Å². The van der Waals surface area contributed by atoms with Gasteiger partial charge in [0.25, 0.3) is 5.91 Å². The van der Waals surface area contributed by atoms with Crippen molar-refractivity contribution in [2.24, 2.45) is 0 Å². The highest BCUT2D eigenvalue weighted by Crippen LogP contribution is 2.34. The van der Waals surface area contributed by atoms with Gasteiger partial charge in [0.15, 0.2) is 0 Å². The van der Waals surface area contributed by atoms with Gasteiger partial charge in [-0.2, -0.15) is 0 Å². The number of nitrogens with zero attached hydrogens (tertiary/aromatic N) is 2. The number of rotatable bonds is 5. The number of thiocarbonyl (C=S) groups is 1. The lowest BCUT2D eigenvalue weighted by Crippen LogP contribution is -2.33. The molecule has 1 aliphatic rings. The normalized spacial score (nSPS) is 15.5. The highest BCUT2D eigenvalue weighted by atomic mass is 35.5. The first-order valence-electron chi connectivity index (χ1n) is 8.83. The summed E-state index contributed by atoms with van der Waals surface area (Å²) in [4.78, 5) is 25.0. The first-order chi connectivity index (χ1) is 14.3. The van der Waals surface area contributed by atoms with Gasteiger partial charge in [-0.3, -0.25) is 14.5 Å². The molecule has 2 aromatic carbocycles. The van der Waals surface area contributed by atoms with Crippen molar-refractivity contribution in [1.82, 2.24) is 9.47 Å². The van der Waals surface area contributed by atoms with Gasteiger partial charge in [-0.15, -0.1) is 0 Å². The van der Waals surface area contributed by atoms with Gasteiger partial charge in [0.05, 0.1) is 11.4 Å². The van der Waals surface area contributed by atoms with E-state index in [1.54, 1.807) is 18.2 Å². The van der Waals surface area contributed by atoms with E-state index in [4.69, 9.17) is 28.9 Å². The molecule has 30 heavy (non-hydrogen) atoms. The summed E-state index contributed by atoms with van der Waals surface area (Å²) in [6.45, 7) is -0.255. The second kappa shape index (κ2) is 8.22. The smallest absolute Gasteiger partial charge is 0.323 e. The molecule has 1 aromatic heterocycles. The second-order valence-electron chi connectivity index (χ2n) is 6.59. The predicted octanol–water partition coefficient (Wildman–Crippen LogP) is 4.77. The van der Waals surface area contributed by atoms with Gasteiger partial charge in [0.2, 0.25) is 0 Å². The molecule has 0 bridgehead atoms. The topological polar surface area (TPSA) is 62.5 Å². The number of carboxylic acids is 1. The molecular weight excluding hydrogens is 447 g/mol. The van der Waals surface area contributed by atoms with Crippen molar-refractivity contribution in [2.75, 3.05) is 6.54 Å². The molecule has 2 heterocycles. The van der Waals surface area contributed by atoms with Crippen LogP contribution in [0.5, 0.6) is 0 Å². The van der Waals surface area contributed by atoms with Crippen molar-refractivity contribution in [2.45, 2.75) is 6.54 Å². The Morgan fingerprint density at radius 1 is 1.23 bits per heavy atom. The van der Waals surface area contributed by atoms with Crippen molar-refractivity contribution < 1.29 is 19.1 Å². The molecule has 0 saturated carbocycles. The average molecular weight is 461 g/mol. The zero-order chi connectivity index (χ0) is 21.4. The number of hydrogen-bond donors (Lipinski definition) is 1. The summed E-state index contributed by atoms with van der Waals surface area (Å²) in [5.74, 6) is -1.97. The summed E-state index contributed by atoms with van der Waals surface area (Å²) in [7, 11) is 0. The first-order valence-corrected chi connectivity index (χ1v) is 10.4. The maximum atomic E-state index is 14.3. The number of benzene rings is 2. The van der Waals surface area contributed by atoms with Crippen molar-refractivity contribution in [1.29, 1.82) is 0 Å². The highest BCUT2D eigenvalue weighted by Gasteiger charge is 2.33. The quantitative estimate of drug-likeness (QED) is 0.439. The number of carbonyl (C=O) groups is 2. The monoisotopic (exact) mass is 460 g/mol. The maximum absolute atomic E-state index is 14.3. The largest absolute Gasteiger partial charge is 0.480 e.